The summed E-state index contributed by atoms with van der Waals surface area (Å²) in [5.74, 6) is 2.25. The molecule has 0 spiro atoms. The van der Waals surface area contributed by atoms with Crippen LogP contribution in [0.3, 0.4) is 0 Å². The number of nitrogens with two attached hydrogens (primary N) is 1. The Morgan fingerprint density at radius 1 is 1.15 bits per heavy atom. The third-order valence-electron chi connectivity index (χ3n) is 2.90. The van der Waals surface area contributed by atoms with Crippen LogP contribution in [0.4, 0.5) is 5.69 Å². The first-order valence-electron chi connectivity index (χ1n) is 6.18. The van der Waals surface area contributed by atoms with Crippen molar-refractivity contribution in [2.45, 2.75) is 11.5 Å². The summed E-state index contributed by atoms with van der Waals surface area (Å²) in [6.45, 7) is 0. The lowest BCUT2D eigenvalue weighted by Crippen LogP contribution is -1.85. The van der Waals surface area contributed by atoms with Gasteiger partial charge in [0.2, 0.25) is 5.89 Å². The van der Waals surface area contributed by atoms with Gasteiger partial charge in [0.25, 0.3) is 0 Å². The van der Waals surface area contributed by atoms with Gasteiger partial charge in [0.1, 0.15) is 5.52 Å². The van der Waals surface area contributed by atoms with Crippen molar-refractivity contribution in [1.29, 1.82) is 0 Å². The Kier molecular flexibility index (Phi) is 3.85. The minimum absolute atomic E-state index is 0.695. The third kappa shape index (κ3) is 2.92. The third-order valence-corrected chi connectivity index (χ3v) is 4.23. The number of thioether (sulfide) groups is 1. The van der Waals surface area contributed by atoms with Crippen LogP contribution in [-0.2, 0) is 11.5 Å². The molecule has 3 rings (SSSR count). The van der Waals surface area contributed by atoms with Crippen molar-refractivity contribution >= 4 is 40.1 Å². The quantitative estimate of drug-likeness (QED) is 0.721. The van der Waals surface area contributed by atoms with E-state index >= 15 is 0 Å². The number of halogens is 1. The van der Waals surface area contributed by atoms with Crippen LogP contribution >= 0.6 is 23.4 Å². The highest BCUT2D eigenvalue weighted by atomic mass is 35.5. The van der Waals surface area contributed by atoms with Crippen LogP contribution in [0.5, 0.6) is 0 Å². The Morgan fingerprint density at radius 3 is 2.85 bits per heavy atom. The topological polar surface area (TPSA) is 52.0 Å². The van der Waals surface area contributed by atoms with Crippen LogP contribution in [0.1, 0.15) is 11.5 Å². The fraction of sp³-hybridized carbons (Fsp3) is 0.133. The van der Waals surface area contributed by atoms with Gasteiger partial charge in [0.05, 0.1) is 5.75 Å². The highest BCUT2D eigenvalue weighted by Crippen LogP contribution is 2.25. The maximum Gasteiger partial charge on any atom is 0.205 e. The van der Waals surface area contributed by atoms with E-state index in [1.54, 1.807) is 11.8 Å². The van der Waals surface area contributed by atoms with Crippen molar-refractivity contribution in [3.05, 3.63) is 58.9 Å². The lowest BCUT2D eigenvalue weighted by molar-refractivity contribution is 0.556. The first-order valence-corrected chi connectivity index (χ1v) is 7.72. The molecule has 0 fully saturated rings. The smallest absolute Gasteiger partial charge is 0.205 e. The van der Waals surface area contributed by atoms with E-state index in [9.17, 15) is 0 Å². The van der Waals surface area contributed by atoms with E-state index in [1.165, 1.54) is 0 Å². The van der Waals surface area contributed by atoms with Gasteiger partial charge < -0.3 is 10.2 Å². The summed E-state index contributed by atoms with van der Waals surface area (Å²) in [7, 11) is 0. The molecule has 0 saturated carbocycles. The molecule has 102 valence electrons. The second-order valence-electron chi connectivity index (χ2n) is 4.42. The number of nitrogens with zero attached hydrogens (tertiary/aromatic N) is 1. The normalized spacial score (nSPS) is 11.1. The highest BCUT2D eigenvalue weighted by Gasteiger charge is 2.07. The molecule has 0 aliphatic heterocycles. The number of hydrogen-bond donors (Lipinski definition) is 1. The van der Waals surface area contributed by atoms with Crippen LogP contribution in [0.25, 0.3) is 11.1 Å². The first-order chi connectivity index (χ1) is 9.72. The molecule has 0 aliphatic rings. The average Bonchev–Trinajstić information content (AvgIpc) is 2.83. The van der Waals surface area contributed by atoms with Crippen molar-refractivity contribution in [3.8, 4) is 0 Å². The molecule has 0 amide bonds. The second-order valence-corrected chi connectivity index (χ2v) is 5.81. The van der Waals surface area contributed by atoms with E-state index in [0.29, 0.717) is 17.3 Å². The summed E-state index contributed by atoms with van der Waals surface area (Å²) in [5, 5.41) is 0.797. The molecular formula is C15H13ClN2OS. The molecule has 1 heterocycles. The number of aromatic nitrogens is 1. The number of anilines is 1. The monoisotopic (exact) mass is 304 g/mol. The number of nitrogen functional groups attached to an aromatic ring is 1. The Bertz CT molecular complexity index is 742. The molecular weight excluding hydrogens is 292 g/mol. The molecule has 2 aromatic carbocycles. The minimum Gasteiger partial charge on any atom is -0.440 e. The largest absolute Gasteiger partial charge is 0.440 e. The van der Waals surface area contributed by atoms with Gasteiger partial charge in [-0.3, -0.25) is 0 Å². The van der Waals surface area contributed by atoms with E-state index in [1.807, 2.05) is 42.5 Å². The average molecular weight is 305 g/mol. The van der Waals surface area contributed by atoms with Gasteiger partial charge in [-0.2, -0.15) is 0 Å². The van der Waals surface area contributed by atoms with E-state index in [4.69, 9.17) is 21.8 Å². The van der Waals surface area contributed by atoms with Gasteiger partial charge in [0.15, 0.2) is 5.58 Å². The maximum atomic E-state index is 6.12. The van der Waals surface area contributed by atoms with Crippen molar-refractivity contribution in [2.24, 2.45) is 0 Å². The SMILES string of the molecule is Nc1ccc2oc(CSCc3ccccc3Cl)nc2c1. The summed E-state index contributed by atoms with van der Waals surface area (Å²) in [5.41, 5.74) is 9.12. The molecule has 2 N–H and O–H groups in total. The zero-order chi connectivity index (χ0) is 13.9. The lowest BCUT2D eigenvalue weighted by Gasteiger charge is -2.01. The second kappa shape index (κ2) is 5.77. The van der Waals surface area contributed by atoms with Gasteiger partial charge >= 0.3 is 0 Å². The summed E-state index contributed by atoms with van der Waals surface area (Å²) in [6.07, 6.45) is 0. The zero-order valence-corrected chi connectivity index (χ0v) is 12.2. The highest BCUT2D eigenvalue weighted by molar-refractivity contribution is 7.97. The Balaban J connectivity index is 1.67. The van der Waals surface area contributed by atoms with Gasteiger partial charge in [0, 0.05) is 16.5 Å². The summed E-state index contributed by atoms with van der Waals surface area (Å²) in [6, 6.07) is 13.3. The maximum absolute atomic E-state index is 6.12. The molecule has 0 saturated heterocycles. The van der Waals surface area contributed by atoms with Crippen LogP contribution in [0.2, 0.25) is 5.02 Å². The summed E-state index contributed by atoms with van der Waals surface area (Å²) < 4.78 is 5.67. The van der Waals surface area contributed by atoms with Crippen molar-refractivity contribution in [1.82, 2.24) is 4.98 Å². The number of oxazole rings is 1. The fourth-order valence-electron chi connectivity index (χ4n) is 1.92. The van der Waals surface area contributed by atoms with Gasteiger partial charge in [-0.25, -0.2) is 4.98 Å². The predicted molar refractivity (Wildman–Crippen MR) is 84.9 cm³/mol. The number of benzene rings is 2. The van der Waals surface area contributed by atoms with Crippen molar-refractivity contribution in [3.63, 3.8) is 0 Å². The molecule has 1 aromatic heterocycles. The first kappa shape index (κ1) is 13.3. The fourth-order valence-corrected chi connectivity index (χ4v) is 3.07. The van der Waals surface area contributed by atoms with Crippen LogP contribution in [0, 0.1) is 0 Å². The zero-order valence-electron chi connectivity index (χ0n) is 10.7. The van der Waals surface area contributed by atoms with Crippen LogP contribution < -0.4 is 5.73 Å². The van der Waals surface area contributed by atoms with Crippen molar-refractivity contribution < 1.29 is 4.42 Å². The van der Waals surface area contributed by atoms with E-state index in [-0.39, 0.29) is 0 Å². The molecule has 0 radical (unpaired) electrons. The Morgan fingerprint density at radius 2 is 2.00 bits per heavy atom. The van der Waals surface area contributed by atoms with Crippen LogP contribution in [0.15, 0.2) is 46.9 Å². The number of hydrogen-bond acceptors (Lipinski definition) is 4. The molecule has 0 aliphatic carbocycles. The molecule has 0 atom stereocenters. The van der Waals surface area contributed by atoms with Crippen molar-refractivity contribution in [2.75, 3.05) is 5.73 Å². The van der Waals surface area contributed by atoms with Gasteiger partial charge in [-0.05, 0) is 29.8 Å². The van der Waals surface area contributed by atoms with Gasteiger partial charge in [-0.1, -0.05) is 29.8 Å². The standard InChI is InChI=1S/C15H13ClN2OS/c16-12-4-2-1-3-10(12)8-20-9-15-18-13-7-11(17)5-6-14(13)19-15/h1-7H,8-9,17H2. The molecule has 5 heteroatoms. The van der Waals surface area contributed by atoms with E-state index in [2.05, 4.69) is 4.98 Å². The van der Waals surface area contributed by atoms with E-state index < -0.39 is 0 Å². The molecule has 0 bridgehead atoms. The Labute approximate surface area is 126 Å². The van der Waals surface area contributed by atoms with Crippen LogP contribution in [-0.4, -0.2) is 4.98 Å². The molecule has 3 nitrogen and oxygen atoms in total. The summed E-state index contributed by atoms with van der Waals surface area (Å²) in [4.78, 5) is 4.43. The molecule has 0 unspecified atom stereocenters. The van der Waals surface area contributed by atoms with Gasteiger partial charge in [-0.15, -0.1) is 11.8 Å². The molecule has 3 aromatic rings. The summed E-state index contributed by atoms with van der Waals surface area (Å²) >= 11 is 7.84. The number of rotatable bonds is 4. The molecule has 20 heavy (non-hydrogen) atoms. The van der Waals surface area contributed by atoms with E-state index in [0.717, 1.165) is 27.4 Å². The number of fused-ring (bicyclic) bond motifs is 1. The predicted octanol–water partition coefficient (Wildman–Crippen LogP) is 4.50. The minimum atomic E-state index is 0.695. The Hall–Kier alpha value is -1.65. The lowest BCUT2D eigenvalue weighted by atomic mass is 10.2.